The van der Waals surface area contributed by atoms with Crippen LogP contribution in [0.15, 0.2) is 42.5 Å². The summed E-state index contributed by atoms with van der Waals surface area (Å²) in [6.07, 6.45) is 4.76. The number of carbonyl (C=O) groups is 1. The molecule has 0 atom stereocenters. The summed E-state index contributed by atoms with van der Waals surface area (Å²) in [4.78, 5) is 15.0. The number of carbonyl (C=O) groups excluding carboxylic acids is 1. The fraction of sp³-hybridized carbons (Fsp3) is 0.381. The minimum atomic E-state index is 0.210. The predicted molar refractivity (Wildman–Crippen MR) is 97.6 cm³/mol. The van der Waals surface area contributed by atoms with Crippen molar-refractivity contribution in [3.8, 4) is 11.1 Å². The highest BCUT2D eigenvalue weighted by Crippen LogP contribution is 2.34. The van der Waals surface area contributed by atoms with Crippen LogP contribution in [-0.2, 0) is 6.54 Å². The average Bonchev–Trinajstić information content (AvgIpc) is 2.93. The van der Waals surface area contributed by atoms with Gasteiger partial charge in [0.15, 0.2) is 0 Å². The van der Waals surface area contributed by atoms with E-state index in [-0.39, 0.29) is 5.91 Å². The molecule has 0 radical (unpaired) electrons. The van der Waals surface area contributed by atoms with Crippen LogP contribution in [-0.4, -0.2) is 16.8 Å². The molecular formula is C21H24N2O. The minimum Gasteiger partial charge on any atom is -0.399 e. The largest absolute Gasteiger partial charge is 0.399 e. The standard InChI is InChI=1S/C21H24N2O/c1-14-2-10-19(11-3-14)23-13-17-5-4-16(12-20(17)21(23)24)15-6-8-18(22)9-7-15/h4-9,12,14,19H,2-3,10-11,13,22H2,1H3. The van der Waals surface area contributed by atoms with Crippen LogP contribution in [0.5, 0.6) is 0 Å². The van der Waals surface area contributed by atoms with Gasteiger partial charge < -0.3 is 10.6 Å². The summed E-state index contributed by atoms with van der Waals surface area (Å²) in [6, 6.07) is 14.5. The van der Waals surface area contributed by atoms with Crippen LogP contribution in [0.2, 0.25) is 0 Å². The molecule has 2 aromatic carbocycles. The molecule has 1 fully saturated rings. The first-order valence-electron chi connectivity index (χ1n) is 8.91. The molecule has 3 nitrogen and oxygen atoms in total. The lowest BCUT2D eigenvalue weighted by Crippen LogP contribution is -2.37. The molecule has 0 spiro atoms. The zero-order chi connectivity index (χ0) is 16.7. The van der Waals surface area contributed by atoms with Crippen molar-refractivity contribution in [3.05, 3.63) is 53.6 Å². The van der Waals surface area contributed by atoms with E-state index in [4.69, 9.17) is 5.73 Å². The van der Waals surface area contributed by atoms with E-state index in [1.165, 1.54) is 12.8 Å². The van der Waals surface area contributed by atoms with E-state index in [9.17, 15) is 4.79 Å². The third kappa shape index (κ3) is 2.68. The molecule has 1 aliphatic carbocycles. The van der Waals surface area contributed by atoms with Gasteiger partial charge in [-0.25, -0.2) is 0 Å². The fourth-order valence-corrected chi connectivity index (χ4v) is 4.03. The van der Waals surface area contributed by atoms with Crippen molar-refractivity contribution in [1.29, 1.82) is 0 Å². The number of nitrogens with zero attached hydrogens (tertiary/aromatic N) is 1. The van der Waals surface area contributed by atoms with Gasteiger partial charge in [-0.1, -0.05) is 31.2 Å². The van der Waals surface area contributed by atoms with Gasteiger partial charge in [0, 0.05) is 23.8 Å². The Morgan fingerprint density at radius 2 is 1.62 bits per heavy atom. The number of benzene rings is 2. The van der Waals surface area contributed by atoms with Crippen molar-refractivity contribution in [2.24, 2.45) is 5.92 Å². The zero-order valence-corrected chi connectivity index (χ0v) is 14.2. The summed E-state index contributed by atoms with van der Waals surface area (Å²) >= 11 is 0. The van der Waals surface area contributed by atoms with Crippen molar-refractivity contribution in [2.45, 2.75) is 45.2 Å². The molecular weight excluding hydrogens is 296 g/mol. The number of fused-ring (bicyclic) bond motifs is 1. The molecule has 1 heterocycles. The first-order chi connectivity index (χ1) is 11.6. The normalized spacial score (nSPS) is 23.4. The monoisotopic (exact) mass is 320 g/mol. The molecule has 1 saturated carbocycles. The molecule has 2 N–H and O–H groups in total. The maximum Gasteiger partial charge on any atom is 0.254 e. The summed E-state index contributed by atoms with van der Waals surface area (Å²) in [5.41, 5.74) is 10.8. The van der Waals surface area contributed by atoms with Crippen LogP contribution >= 0.6 is 0 Å². The molecule has 2 aromatic rings. The number of amides is 1. The first kappa shape index (κ1) is 15.3. The summed E-state index contributed by atoms with van der Waals surface area (Å²) in [6.45, 7) is 3.09. The summed E-state index contributed by atoms with van der Waals surface area (Å²) in [5.74, 6) is 1.01. The second-order valence-electron chi connectivity index (χ2n) is 7.34. The van der Waals surface area contributed by atoms with E-state index in [0.29, 0.717) is 6.04 Å². The van der Waals surface area contributed by atoms with Gasteiger partial charge >= 0.3 is 0 Å². The first-order valence-corrected chi connectivity index (χ1v) is 8.91. The molecule has 2 aliphatic rings. The van der Waals surface area contributed by atoms with Crippen LogP contribution in [0, 0.1) is 5.92 Å². The Labute approximate surface area is 143 Å². The topological polar surface area (TPSA) is 46.3 Å². The maximum atomic E-state index is 12.9. The van der Waals surface area contributed by atoms with Gasteiger partial charge in [0.1, 0.15) is 0 Å². The minimum absolute atomic E-state index is 0.210. The lowest BCUT2D eigenvalue weighted by Gasteiger charge is -2.33. The van der Waals surface area contributed by atoms with Gasteiger partial charge in [-0.2, -0.15) is 0 Å². The molecule has 0 bridgehead atoms. The Morgan fingerprint density at radius 3 is 2.33 bits per heavy atom. The lowest BCUT2D eigenvalue weighted by atomic mass is 9.86. The molecule has 0 aromatic heterocycles. The highest BCUT2D eigenvalue weighted by atomic mass is 16.2. The van der Waals surface area contributed by atoms with Crippen molar-refractivity contribution < 1.29 is 4.79 Å². The molecule has 0 unspecified atom stereocenters. The smallest absolute Gasteiger partial charge is 0.254 e. The number of nitrogens with two attached hydrogens (primary N) is 1. The maximum absolute atomic E-state index is 12.9. The van der Waals surface area contributed by atoms with Gasteiger partial charge in [-0.15, -0.1) is 0 Å². The number of hydrogen-bond donors (Lipinski definition) is 1. The average molecular weight is 320 g/mol. The van der Waals surface area contributed by atoms with Crippen LogP contribution < -0.4 is 5.73 Å². The molecule has 0 saturated heterocycles. The zero-order valence-electron chi connectivity index (χ0n) is 14.2. The quantitative estimate of drug-likeness (QED) is 0.830. The number of hydrogen-bond acceptors (Lipinski definition) is 2. The Morgan fingerprint density at radius 1 is 0.958 bits per heavy atom. The van der Waals surface area contributed by atoms with E-state index in [2.05, 4.69) is 30.0 Å². The van der Waals surface area contributed by atoms with Gasteiger partial charge in [-0.05, 0) is 66.5 Å². The van der Waals surface area contributed by atoms with Crippen LogP contribution in [0.3, 0.4) is 0 Å². The van der Waals surface area contributed by atoms with Crippen molar-refractivity contribution in [3.63, 3.8) is 0 Å². The van der Waals surface area contributed by atoms with Crippen LogP contribution in [0.1, 0.15) is 48.5 Å². The van der Waals surface area contributed by atoms with Crippen molar-refractivity contribution in [2.75, 3.05) is 5.73 Å². The molecule has 1 aliphatic heterocycles. The Kier molecular flexibility index (Phi) is 3.79. The van der Waals surface area contributed by atoms with E-state index < -0.39 is 0 Å². The second kappa shape index (κ2) is 5.97. The van der Waals surface area contributed by atoms with Crippen LogP contribution in [0.25, 0.3) is 11.1 Å². The Bertz CT molecular complexity index is 758. The third-order valence-corrected chi connectivity index (χ3v) is 5.61. The molecule has 4 rings (SSSR count). The van der Waals surface area contributed by atoms with Gasteiger partial charge in [0.25, 0.3) is 5.91 Å². The Balaban J connectivity index is 1.59. The van der Waals surface area contributed by atoms with E-state index in [1.54, 1.807) is 0 Å². The highest BCUT2D eigenvalue weighted by molar-refractivity contribution is 5.99. The summed E-state index contributed by atoms with van der Waals surface area (Å²) in [7, 11) is 0. The SMILES string of the molecule is CC1CCC(N2Cc3ccc(-c4ccc(N)cc4)cc3C2=O)CC1. The fourth-order valence-electron chi connectivity index (χ4n) is 4.03. The molecule has 124 valence electrons. The number of anilines is 1. The van der Waals surface area contributed by atoms with Crippen molar-refractivity contribution >= 4 is 11.6 Å². The second-order valence-corrected chi connectivity index (χ2v) is 7.34. The van der Waals surface area contributed by atoms with Crippen molar-refractivity contribution in [1.82, 2.24) is 4.90 Å². The van der Waals surface area contributed by atoms with Gasteiger partial charge in [-0.3, -0.25) is 4.79 Å². The third-order valence-electron chi connectivity index (χ3n) is 5.61. The van der Waals surface area contributed by atoms with E-state index in [0.717, 1.165) is 53.2 Å². The molecule has 1 amide bonds. The Hall–Kier alpha value is -2.29. The van der Waals surface area contributed by atoms with E-state index >= 15 is 0 Å². The summed E-state index contributed by atoms with van der Waals surface area (Å²) < 4.78 is 0. The lowest BCUT2D eigenvalue weighted by molar-refractivity contribution is 0.0640. The molecule has 3 heteroatoms. The van der Waals surface area contributed by atoms with Gasteiger partial charge in [0.2, 0.25) is 0 Å². The summed E-state index contributed by atoms with van der Waals surface area (Å²) in [5, 5.41) is 0. The van der Waals surface area contributed by atoms with E-state index in [1.807, 2.05) is 24.3 Å². The van der Waals surface area contributed by atoms with Gasteiger partial charge in [0.05, 0.1) is 0 Å². The highest BCUT2D eigenvalue weighted by Gasteiger charge is 2.34. The molecule has 24 heavy (non-hydrogen) atoms. The van der Waals surface area contributed by atoms with Crippen LogP contribution in [0.4, 0.5) is 5.69 Å². The number of rotatable bonds is 2. The predicted octanol–water partition coefficient (Wildman–Crippen LogP) is 4.47. The number of nitrogen functional groups attached to an aromatic ring is 1.